The van der Waals surface area contributed by atoms with Gasteiger partial charge in [-0.1, -0.05) is 13.8 Å². The fourth-order valence-corrected chi connectivity index (χ4v) is 9.63. The lowest BCUT2D eigenvalue weighted by molar-refractivity contribution is -0.347. The first-order valence-corrected chi connectivity index (χ1v) is 13.1. The van der Waals surface area contributed by atoms with E-state index in [0.29, 0.717) is 19.3 Å². The summed E-state index contributed by atoms with van der Waals surface area (Å²) in [6, 6.07) is 0. The second-order valence-electron chi connectivity index (χ2n) is 12.2. The van der Waals surface area contributed by atoms with Gasteiger partial charge in [-0.2, -0.15) is 0 Å². The molecule has 0 radical (unpaired) electrons. The lowest BCUT2D eigenvalue weighted by atomic mass is 9.40. The number of fused-ring (bicyclic) bond motifs is 3. The molecule has 4 saturated carbocycles. The molecule has 2 bridgehead atoms. The van der Waals surface area contributed by atoms with Crippen LogP contribution in [-0.2, 0) is 23.8 Å². The zero-order chi connectivity index (χ0) is 25.4. The van der Waals surface area contributed by atoms with Gasteiger partial charge in [0.1, 0.15) is 6.10 Å². The van der Waals surface area contributed by atoms with Crippen LogP contribution in [0.2, 0.25) is 0 Å². The van der Waals surface area contributed by atoms with Gasteiger partial charge in [0.15, 0.2) is 12.1 Å². The first kappa shape index (κ1) is 25.2. The molecule has 0 aromatic rings. The highest BCUT2D eigenvalue weighted by Gasteiger charge is 2.75. The van der Waals surface area contributed by atoms with Gasteiger partial charge in [-0.25, -0.2) is 0 Å². The van der Waals surface area contributed by atoms with E-state index < -0.39 is 47.0 Å². The average molecular weight is 493 g/mol. The first-order chi connectivity index (χ1) is 16.5. The minimum absolute atomic E-state index is 0.0310. The third-order valence-corrected chi connectivity index (χ3v) is 11.2. The van der Waals surface area contributed by atoms with Crippen molar-refractivity contribution in [1.29, 1.82) is 0 Å². The molecule has 196 valence electrons. The lowest BCUT2D eigenvalue weighted by Crippen LogP contribution is -2.73. The maximum absolute atomic E-state index is 13.0. The van der Waals surface area contributed by atoms with Gasteiger partial charge in [-0.3, -0.25) is 9.59 Å². The highest BCUT2D eigenvalue weighted by molar-refractivity contribution is 5.92. The summed E-state index contributed by atoms with van der Waals surface area (Å²) in [4.78, 5) is 24.6. The van der Waals surface area contributed by atoms with Crippen LogP contribution in [0.3, 0.4) is 0 Å². The Morgan fingerprint density at radius 3 is 2.40 bits per heavy atom. The van der Waals surface area contributed by atoms with Crippen LogP contribution in [0, 0.1) is 34.5 Å². The van der Waals surface area contributed by atoms with E-state index in [0.717, 1.165) is 38.4 Å². The number of methoxy groups -OCH3 is 1. The van der Waals surface area contributed by atoms with Crippen molar-refractivity contribution in [1.82, 2.24) is 0 Å². The van der Waals surface area contributed by atoms with Gasteiger partial charge < -0.3 is 29.5 Å². The molecule has 1 aliphatic heterocycles. The van der Waals surface area contributed by atoms with Gasteiger partial charge in [0, 0.05) is 43.8 Å². The topological polar surface area (TPSA) is 123 Å². The monoisotopic (exact) mass is 492 g/mol. The number of rotatable bonds is 4. The Morgan fingerprint density at radius 2 is 1.74 bits per heavy atom. The fraction of sp³-hybridized carbons (Fsp3) is 0.852. The molecule has 5 fully saturated rings. The standard InChI is InChI=1S/C27H40O8/c1-15(29)34-16-13-21(31)25(3)17-5-9-24(2)19-7-11-27(24,18(17)6-10-26(25,32)14-16)35-23(33-4)22(19)20(30)8-12-28/h8,12,16-19,21-23,28,31-32H,5-7,9-11,13-14H2,1-4H3/b12-8+/t16-,17-,18+,19+,21+,22?,23-,24+,25-,26-,27-/m0/s1. The Balaban J connectivity index is 1.51. The van der Waals surface area contributed by atoms with Crippen LogP contribution >= 0.6 is 0 Å². The van der Waals surface area contributed by atoms with Gasteiger partial charge in [0.2, 0.25) is 0 Å². The van der Waals surface area contributed by atoms with E-state index in [2.05, 4.69) is 6.92 Å². The Bertz CT molecular complexity index is 919. The minimum atomic E-state index is -1.13. The van der Waals surface area contributed by atoms with E-state index in [1.54, 1.807) is 7.11 Å². The number of carbonyl (C=O) groups excluding carboxylic acids is 2. The first-order valence-electron chi connectivity index (χ1n) is 13.1. The van der Waals surface area contributed by atoms with Crippen molar-refractivity contribution >= 4 is 11.8 Å². The number of hydrogen-bond acceptors (Lipinski definition) is 8. The zero-order valence-corrected chi connectivity index (χ0v) is 21.2. The number of carbonyl (C=O) groups is 2. The summed E-state index contributed by atoms with van der Waals surface area (Å²) in [7, 11) is 1.56. The van der Waals surface area contributed by atoms with Crippen LogP contribution in [0.15, 0.2) is 12.3 Å². The van der Waals surface area contributed by atoms with E-state index in [1.165, 1.54) is 13.0 Å². The zero-order valence-electron chi connectivity index (χ0n) is 21.2. The van der Waals surface area contributed by atoms with Crippen molar-refractivity contribution in [3.05, 3.63) is 12.3 Å². The van der Waals surface area contributed by atoms with E-state index in [-0.39, 0.29) is 29.0 Å². The van der Waals surface area contributed by atoms with Crippen LogP contribution in [0.4, 0.5) is 0 Å². The third kappa shape index (κ3) is 3.19. The van der Waals surface area contributed by atoms with Crippen LogP contribution in [0.1, 0.15) is 72.1 Å². The molecule has 0 amide bonds. The molecule has 0 aromatic carbocycles. The molecule has 4 aliphatic carbocycles. The molecule has 0 aromatic heterocycles. The van der Waals surface area contributed by atoms with E-state index in [4.69, 9.17) is 14.2 Å². The third-order valence-electron chi connectivity index (χ3n) is 11.2. The molecule has 35 heavy (non-hydrogen) atoms. The summed E-state index contributed by atoms with van der Waals surface area (Å²) in [6.07, 6.45) is 5.20. The highest BCUT2D eigenvalue weighted by atomic mass is 16.7. The van der Waals surface area contributed by atoms with Gasteiger partial charge in [0.05, 0.1) is 29.5 Å². The molecule has 8 nitrogen and oxygen atoms in total. The van der Waals surface area contributed by atoms with E-state index >= 15 is 0 Å². The molecular weight excluding hydrogens is 452 g/mol. The molecule has 5 rings (SSSR count). The second kappa shape index (κ2) is 8.27. The van der Waals surface area contributed by atoms with Crippen LogP contribution < -0.4 is 0 Å². The SMILES string of the molecule is CO[C@H]1O[C@]23CC[C@H](C1C(=O)/C=C/O)[C@@]2(C)CC[C@H]1[C@H]3CC[C@]2(O)C[C@@H](OC(C)=O)C[C@@H](O)[C@]12C. The van der Waals surface area contributed by atoms with Crippen molar-refractivity contribution in [3.8, 4) is 0 Å². The molecule has 8 heteroatoms. The molecule has 1 heterocycles. The summed E-state index contributed by atoms with van der Waals surface area (Å²) in [5.74, 6) is -0.825. The van der Waals surface area contributed by atoms with Gasteiger partial charge in [0.25, 0.3) is 0 Å². The van der Waals surface area contributed by atoms with E-state index in [1.807, 2.05) is 6.92 Å². The maximum Gasteiger partial charge on any atom is 0.302 e. The summed E-state index contributed by atoms with van der Waals surface area (Å²) in [6.45, 7) is 5.62. The Hall–Kier alpha value is -1.48. The number of hydrogen-bond donors (Lipinski definition) is 3. The Labute approximate surface area is 207 Å². The van der Waals surface area contributed by atoms with Crippen molar-refractivity contribution in [2.75, 3.05) is 7.11 Å². The van der Waals surface area contributed by atoms with Crippen molar-refractivity contribution in [2.24, 2.45) is 34.5 Å². The van der Waals surface area contributed by atoms with E-state index in [9.17, 15) is 24.9 Å². The van der Waals surface area contributed by atoms with Crippen LogP contribution in [0.25, 0.3) is 0 Å². The van der Waals surface area contributed by atoms with Crippen molar-refractivity contribution in [2.45, 2.75) is 102 Å². The predicted molar refractivity (Wildman–Crippen MR) is 125 cm³/mol. The molecule has 0 spiro atoms. The molecular formula is C27H40O8. The number of aliphatic hydroxyl groups excluding tert-OH is 2. The quantitative estimate of drug-likeness (QED) is 0.311. The smallest absolute Gasteiger partial charge is 0.302 e. The molecule has 1 saturated heterocycles. The van der Waals surface area contributed by atoms with Crippen LogP contribution in [0.5, 0.6) is 0 Å². The maximum atomic E-state index is 13.0. The molecule has 3 N–H and O–H groups in total. The summed E-state index contributed by atoms with van der Waals surface area (Å²) < 4.78 is 18.0. The molecule has 5 aliphatic rings. The summed E-state index contributed by atoms with van der Waals surface area (Å²) in [5, 5.41) is 32.6. The molecule has 1 unspecified atom stereocenters. The van der Waals surface area contributed by atoms with Gasteiger partial charge in [-0.15, -0.1) is 0 Å². The van der Waals surface area contributed by atoms with Crippen molar-refractivity contribution < 1.29 is 39.1 Å². The molecule has 11 atom stereocenters. The number of ether oxygens (including phenoxy) is 3. The van der Waals surface area contributed by atoms with Gasteiger partial charge in [-0.05, 0) is 56.3 Å². The highest BCUT2D eigenvalue weighted by Crippen LogP contribution is 2.73. The number of allylic oxidation sites excluding steroid dienone is 1. The Morgan fingerprint density at radius 1 is 1.06 bits per heavy atom. The normalized spacial score (nSPS) is 52.9. The summed E-state index contributed by atoms with van der Waals surface area (Å²) in [5.41, 5.74) is -2.62. The minimum Gasteiger partial charge on any atom is -0.515 e. The number of esters is 1. The predicted octanol–water partition coefficient (Wildman–Crippen LogP) is 3.05. The van der Waals surface area contributed by atoms with Gasteiger partial charge >= 0.3 is 5.97 Å². The fourth-order valence-electron chi connectivity index (χ4n) is 9.63. The Kier molecular flexibility index (Phi) is 5.95. The van der Waals surface area contributed by atoms with Crippen molar-refractivity contribution in [3.63, 3.8) is 0 Å². The van der Waals surface area contributed by atoms with Crippen LogP contribution in [-0.4, -0.2) is 63.9 Å². The average Bonchev–Trinajstić information content (AvgIpc) is 2.96. The number of aliphatic hydroxyl groups is 3. The largest absolute Gasteiger partial charge is 0.515 e. The second-order valence-corrected chi connectivity index (χ2v) is 12.2. The lowest BCUT2D eigenvalue weighted by Gasteiger charge is -2.69. The summed E-state index contributed by atoms with van der Waals surface area (Å²) >= 11 is 0. The number of ketones is 1.